The zero-order valence-electron chi connectivity index (χ0n) is 15.5. The van der Waals surface area contributed by atoms with Crippen molar-refractivity contribution in [2.75, 3.05) is 39.4 Å². The van der Waals surface area contributed by atoms with Gasteiger partial charge in [-0.3, -0.25) is 9.69 Å². The van der Waals surface area contributed by atoms with Crippen LogP contribution in [-0.4, -0.2) is 54.8 Å². The zero-order chi connectivity index (χ0) is 17.8. The lowest BCUT2D eigenvalue weighted by Crippen LogP contribution is -2.43. The molecule has 1 unspecified atom stereocenters. The highest BCUT2D eigenvalue weighted by Crippen LogP contribution is 2.26. The molecule has 0 saturated carbocycles. The maximum atomic E-state index is 11.4. The molecule has 1 aliphatic rings. The highest BCUT2D eigenvalue weighted by molar-refractivity contribution is 5.85. The standard InChI is InChI=1S/C20H29N3O2/c1-15-16(2)23(20-7-5-4-6-19(15)20)14-18(12-21-17(3)24)13-22-8-10-25-11-9-22/h4-7,18H,8-14H2,1-3H3,(H,21,24). The first kappa shape index (κ1) is 18.0. The number of para-hydroxylation sites is 1. The van der Waals surface area contributed by atoms with Crippen molar-refractivity contribution < 1.29 is 9.53 Å². The van der Waals surface area contributed by atoms with Crippen LogP contribution in [0.4, 0.5) is 0 Å². The summed E-state index contributed by atoms with van der Waals surface area (Å²) < 4.78 is 7.88. The Morgan fingerprint density at radius 3 is 2.64 bits per heavy atom. The van der Waals surface area contributed by atoms with Crippen molar-refractivity contribution in [3.05, 3.63) is 35.5 Å². The average Bonchev–Trinajstić information content (AvgIpc) is 2.86. The minimum absolute atomic E-state index is 0.0391. The molecule has 1 aliphatic heterocycles. The lowest BCUT2D eigenvalue weighted by atomic mass is 10.1. The van der Waals surface area contributed by atoms with Crippen LogP contribution in [0.3, 0.4) is 0 Å². The third-order valence-electron chi connectivity index (χ3n) is 5.25. The fourth-order valence-electron chi connectivity index (χ4n) is 3.72. The third kappa shape index (κ3) is 4.22. The van der Waals surface area contributed by atoms with E-state index in [0.717, 1.165) is 39.4 Å². The number of carbonyl (C=O) groups excluding carboxylic acids is 1. The Kier molecular flexibility index (Phi) is 5.76. The largest absolute Gasteiger partial charge is 0.379 e. The first-order valence-corrected chi connectivity index (χ1v) is 9.15. The molecular formula is C20H29N3O2. The van der Waals surface area contributed by atoms with Gasteiger partial charge in [0.05, 0.1) is 13.2 Å². The van der Waals surface area contributed by atoms with Crippen molar-refractivity contribution in [2.24, 2.45) is 5.92 Å². The Hall–Kier alpha value is -1.85. The molecular weight excluding hydrogens is 314 g/mol. The summed E-state index contributed by atoms with van der Waals surface area (Å²) in [6, 6.07) is 8.59. The average molecular weight is 343 g/mol. The summed E-state index contributed by atoms with van der Waals surface area (Å²) in [5.74, 6) is 0.410. The molecule has 5 heteroatoms. The minimum atomic E-state index is 0.0391. The van der Waals surface area contributed by atoms with Gasteiger partial charge in [0, 0.05) is 62.2 Å². The van der Waals surface area contributed by atoms with Crippen molar-refractivity contribution in [1.82, 2.24) is 14.8 Å². The summed E-state index contributed by atoms with van der Waals surface area (Å²) in [6.07, 6.45) is 0. The quantitative estimate of drug-likeness (QED) is 0.876. The number of aryl methyl sites for hydroxylation is 1. The molecule has 1 amide bonds. The van der Waals surface area contributed by atoms with Crippen LogP contribution in [0.1, 0.15) is 18.2 Å². The predicted molar refractivity (Wildman–Crippen MR) is 101 cm³/mol. The van der Waals surface area contributed by atoms with Gasteiger partial charge in [0.2, 0.25) is 5.91 Å². The first-order valence-electron chi connectivity index (χ1n) is 9.15. The van der Waals surface area contributed by atoms with E-state index in [-0.39, 0.29) is 5.91 Å². The van der Waals surface area contributed by atoms with Crippen molar-refractivity contribution in [1.29, 1.82) is 0 Å². The summed E-state index contributed by atoms with van der Waals surface area (Å²) in [6.45, 7) is 12.1. The topological polar surface area (TPSA) is 46.5 Å². The molecule has 1 saturated heterocycles. The summed E-state index contributed by atoms with van der Waals surface area (Å²) >= 11 is 0. The molecule has 1 N–H and O–H groups in total. The molecule has 0 radical (unpaired) electrons. The molecule has 0 spiro atoms. The van der Waals surface area contributed by atoms with E-state index in [1.165, 1.54) is 22.2 Å². The van der Waals surface area contributed by atoms with Gasteiger partial charge in [-0.2, -0.15) is 0 Å². The number of hydrogen-bond donors (Lipinski definition) is 1. The molecule has 136 valence electrons. The van der Waals surface area contributed by atoms with E-state index in [2.05, 4.69) is 52.9 Å². The van der Waals surface area contributed by atoms with E-state index in [0.29, 0.717) is 12.5 Å². The molecule has 3 rings (SSSR count). The fourth-order valence-corrected chi connectivity index (χ4v) is 3.72. The number of morpholine rings is 1. The molecule has 1 fully saturated rings. The van der Waals surface area contributed by atoms with Crippen molar-refractivity contribution in [3.8, 4) is 0 Å². The summed E-state index contributed by atoms with van der Waals surface area (Å²) in [7, 11) is 0. The van der Waals surface area contributed by atoms with Crippen LogP contribution in [-0.2, 0) is 16.1 Å². The minimum Gasteiger partial charge on any atom is -0.379 e. The second-order valence-corrected chi connectivity index (χ2v) is 7.05. The normalized spacial score (nSPS) is 16.9. The number of fused-ring (bicyclic) bond motifs is 1. The molecule has 5 nitrogen and oxygen atoms in total. The van der Waals surface area contributed by atoms with Crippen LogP contribution >= 0.6 is 0 Å². The maximum Gasteiger partial charge on any atom is 0.216 e. The fraction of sp³-hybridized carbons (Fsp3) is 0.550. The number of amides is 1. The number of carbonyl (C=O) groups is 1. The summed E-state index contributed by atoms with van der Waals surface area (Å²) in [4.78, 5) is 13.9. The number of ether oxygens (including phenoxy) is 1. The van der Waals surface area contributed by atoms with E-state index in [9.17, 15) is 4.79 Å². The zero-order valence-corrected chi connectivity index (χ0v) is 15.5. The van der Waals surface area contributed by atoms with E-state index in [4.69, 9.17) is 4.74 Å². The van der Waals surface area contributed by atoms with Gasteiger partial charge in [-0.1, -0.05) is 18.2 Å². The number of benzene rings is 1. The number of hydrogen-bond acceptors (Lipinski definition) is 3. The van der Waals surface area contributed by atoms with E-state index < -0.39 is 0 Å². The van der Waals surface area contributed by atoms with Gasteiger partial charge in [0.25, 0.3) is 0 Å². The number of nitrogens with one attached hydrogen (secondary N) is 1. The second-order valence-electron chi connectivity index (χ2n) is 7.05. The van der Waals surface area contributed by atoms with E-state index in [1.54, 1.807) is 6.92 Å². The monoisotopic (exact) mass is 343 g/mol. The lowest BCUT2D eigenvalue weighted by molar-refractivity contribution is -0.119. The maximum absolute atomic E-state index is 11.4. The van der Waals surface area contributed by atoms with Crippen LogP contribution in [0.2, 0.25) is 0 Å². The van der Waals surface area contributed by atoms with Gasteiger partial charge in [-0.15, -0.1) is 0 Å². The Balaban J connectivity index is 1.81. The van der Waals surface area contributed by atoms with Crippen molar-refractivity contribution in [2.45, 2.75) is 27.3 Å². The summed E-state index contributed by atoms with van der Waals surface area (Å²) in [5, 5.41) is 4.34. The Morgan fingerprint density at radius 2 is 1.92 bits per heavy atom. The lowest BCUT2D eigenvalue weighted by Gasteiger charge is -2.31. The van der Waals surface area contributed by atoms with E-state index >= 15 is 0 Å². The SMILES string of the molecule is CC(=O)NCC(CN1CCOCC1)Cn1c(C)c(C)c2ccccc21. The highest BCUT2D eigenvalue weighted by atomic mass is 16.5. The van der Waals surface area contributed by atoms with E-state index in [1.807, 2.05) is 0 Å². The number of rotatable bonds is 6. The van der Waals surface area contributed by atoms with Crippen LogP contribution in [0.15, 0.2) is 24.3 Å². The second kappa shape index (κ2) is 8.02. The van der Waals surface area contributed by atoms with Gasteiger partial charge in [-0.05, 0) is 25.5 Å². The molecule has 0 bridgehead atoms. The van der Waals surface area contributed by atoms with Crippen LogP contribution in [0, 0.1) is 19.8 Å². The number of nitrogens with zero attached hydrogens (tertiary/aromatic N) is 2. The molecule has 2 aromatic rings. The molecule has 2 heterocycles. The van der Waals surface area contributed by atoms with Crippen molar-refractivity contribution in [3.63, 3.8) is 0 Å². The number of aromatic nitrogens is 1. The van der Waals surface area contributed by atoms with Gasteiger partial charge in [0.15, 0.2) is 0 Å². The molecule has 1 aromatic carbocycles. The first-order chi connectivity index (χ1) is 12.1. The van der Waals surface area contributed by atoms with Crippen LogP contribution in [0.5, 0.6) is 0 Å². The van der Waals surface area contributed by atoms with Crippen LogP contribution in [0.25, 0.3) is 10.9 Å². The molecule has 25 heavy (non-hydrogen) atoms. The molecule has 1 atom stereocenters. The summed E-state index contributed by atoms with van der Waals surface area (Å²) in [5.41, 5.74) is 3.95. The predicted octanol–water partition coefficient (Wildman–Crippen LogP) is 2.34. The Bertz CT molecular complexity index is 732. The highest BCUT2D eigenvalue weighted by Gasteiger charge is 2.20. The Labute approximate surface area is 149 Å². The molecule has 1 aromatic heterocycles. The van der Waals surface area contributed by atoms with Gasteiger partial charge < -0.3 is 14.6 Å². The third-order valence-corrected chi connectivity index (χ3v) is 5.25. The van der Waals surface area contributed by atoms with Crippen LogP contribution < -0.4 is 5.32 Å². The van der Waals surface area contributed by atoms with Gasteiger partial charge in [0.1, 0.15) is 0 Å². The Morgan fingerprint density at radius 1 is 1.20 bits per heavy atom. The van der Waals surface area contributed by atoms with Crippen molar-refractivity contribution >= 4 is 16.8 Å². The van der Waals surface area contributed by atoms with Gasteiger partial charge in [-0.25, -0.2) is 0 Å². The smallest absolute Gasteiger partial charge is 0.216 e. The van der Waals surface area contributed by atoms with Gasteiger partial charge >= 0.3 is 0 Å². The molecule has 0 aliphatic carbocycles.